The van der Waals surface area contributed by atoms with Crippen molar-refractivity contribution in [3.05, 3.63) is 48.5 Å². The van der Waals surface area contributed by atoms with Crippen molar-refractivity contribution in [1.29, 1.82) is 0 Å². The third-order valence-electron chi connectivity index (χ3n) is 5.76. The quantitative estimate of drug-likeness (QED) is 0.779. The highest BCUT2D eigenvalue weighted by Gasteiger charge is 2.22. The van der Waals surface area contributed by atoms with E-state index in [0.717, 1.165) is 37.4 Å². The second-order valence-electron chi connectivity index (χ2n) is 7.99. The van der Waals surface area contributed by atoms with Crippen LogP contribution in [-0.2, 0) is 9.59 Å². The highest BCUT2D eigenvalue weighted by molar-refractivity contribution is 5.95. The predicted molar refractivity (Wildman–Crippen MR) is 119 cm³/mol. The number of ether oxygens (including phenoxy) is 1. The first-order chi connectivity index (χ1) is 14.6. The van der Waals surface area contributed by atoms with Gasteiger partial charge in [0, 0.05) is 43.1 Å². The predicted octanol–water partition coefficient (Wildman–Crippen LogP) is 4.21. The third kappa shape index (κ3) is 4.75. The molecule has 2 saturated heterocycles. The maximum absolute atomic E-state index is 12.5. The molecule has 2 aromatic carbocycles. The molecule has 2 heterocycles. The largest absolute Gasteiger partial charge is 0.481 e. The minimum absolute atomic E-state index is 0.155. The van der Waals surface area contributed by atoms with Gasteiger partial charge in [0.1, 0.15) is 5.75 Å². The molecule has 30 heavy (non-hydrogen) atoms. The van der Waals surface area contributed by atoms with Gasteiger partial charge in [-0.25, -0.2) is 0 Å². The SMILES string of the molecule is C[C@@H](Oc1ccc(N2CCCC2=O)cc1)C(=O)Nc1ccc(N2CCCCC2)cc1. The standard InChI is InChI=1S/C24H29N3O3/c1-18(30-22-13-11-21(12-14-22)27-17-5-6-23(27)28)24(29)25-19-7-9-20(10-8-19)26-15-3-2-4-16-26/h7-14,18H,2-6,15-17H2,1H3,(H,25,29)/t18-/m1/s1. The fourth-order valence-corrected chi connectivity index (χ4v) is 4.04. The molecule has 2 fully saturated rings. The van der Waals surface area contributed by atoms with Gasteiger partial charge < -0.3 is 19.9 Å². The Morgan fingerprint density at radius 2 is 1.57 bits per heavy atom. The molecular formula is C24H29N3O3. The van der Waals surface area contributed by atoms with Crippen LogP contribution in [0.2, 0.25) is 0 Å². The Kier molecular flexibility index (Phi) is 6.21. The topological polar surface area (TPSA) is 61.9 Å². The fraction of sp³-hybridized carbons (Fsp3) is 0.417. The lowest BCUT2D eigenvalue weighted by atomic mass is 10.1. The zero-order valence-electron chi connectivity index (χ0n) is 17.5. The molecule has 4 rings (SSSR count). The van der Waals surface area contributed by atoms with Crippen LogP contribution in [0.4, 0.5) is 17.1 Å². The first kappa shape index (κ1) is 20.3. The second kappa shape index (κ2) is 9.20. The molecule has 1 atom stereocenters. The molecule has 2 aromatic rings. The summed E-state index contributed by atoms with van der Waals surface area (Å²) in [7, 11) is 0. The number of nitrogens with zero attached hydrogens (tertiary/aromatic N) is 2. The van der Waals surface area contributed by atoms with Crippen LogP contribution < -0.4 is 19.9 Å². The summed E-state index contributed by atoms with van der Waals surface area (Å²) in [5, 5.41) is 2.92. The summed E-state index contributed by atoms with van der Waals surface area (Å²) < 4.78 is 5.79. The van der Waals surface area contributed by atoms with Crippen LogP contribution in [0.5, 0.6) is 5.75 Å². The van der Waals surface area contributed by atoms with Crippen molar-refractivity contribution in [2.24, 2.45) is 0 Å². The molecule has 0 radical (unpaired) electrons. The third-order valence-corrected chi connectivity index (χ3v) is 5.76. The normalized spacial score (nSPS) is 17.7. The van der Waals surface area contributed by atoms with Crippen LogP contribution in [0, 0.1) is 0 Å². The second-order valence-corrected chi connectivity index (χ2v) is 7.99. The molecule has 6 heteroatoms. The van der Waals surface area contributed by atoms with Gasteiger partial charge in [0.15, 0.2) is 6.10 Å². The van der Waals surface area contributed by atoms with Crippen LogP contribution in [0.3, 0.4) is 0 Å². The van der Waals surface area contributed by atoms with E-state index in [-0.39, 0.29) is 11.8 Å². The molecule has 0 bridgehead atoms. The zero-order chi connectivity index (χ0) is 20.9. The van der Waals surface area contributed by atoms with E-state index >= 15 is 0 Å². The van der Waals surface area contributed by atoms with E-state index in [1.807, 2.05) is 24.3 Å². The summed E-state index contributed by atoms with van der Waals surface area (Å²) in [4.78, 5) is 28.5. The zero-order valence-corrected chi connectivity index (χ0v) is 17.5. The van der Waals surface area contributed by atoms with E-state index < -0.39 is 6.10 Å². The Morgan fingerprint density at radius 3 is 2.20 bits per heavy atom. The number of anilines is 3. The maximum Gasteiger partial charge on any atom is 0.265 e. The summed E-state index contributed by atoms with van der Waals surface area (Å²) in [5.41, 5.74) is 2.84. The van der Waals surface area contributed by atoms with Gasteiger partial charge in [-0.2, -0.15) is 0 Å². The van der Waals surface area contributed by atoms with Crippen LogP contribution in [0.25, 0.3) is 0 Å². The average molecular weight is 408 g/mol. The Labute approximate surface area is 177 Å². The minimum Gasteiger partial charge on any atom is -0.481 e. The van der Waals surface area contributed by atoms with Crippen molar-refractivity contribution in [2.75, 3.05) is 34.8 Å². The van der Waals surface area contributed by atoms with Crippen molar-refractivity contribution >= 4 is 28.9 Å². The fourth-order valence-electron chi connectivity index (χ4n) is 4.04. The van der Waals surface area contributed by atoms with E-state index in [4.69, 9.17) is 4.74 Å². The van der Waals surface area contributed by atoms with Gasteiger partial charge in [-0.1, -0.05) is 0 Å². The lowest BCUT2D eigenvalue weighted by Gasteiger charge is -2.28. The van der Waals surface area contributed by atoms with E-state index in [1.54, 1.807) is 24.0 Å². The highest BCUT2D eigenvalue weighted by Crippen LogP contribution is 2.25. The molecule has 1 N–H and O–H groups in total. The number of benzene rings is 2. The average Bonchev–Trinajstić information content (AvgIpc) is 3.21. The number of carbonyl (C=O) groups excluding carboxylic acids is 2. The first-order valence-corrected chi connectivity index (χ1v) is 10.8. The molecule has 0 aromatic heterocycles. The van der Waals surface area contributed by atoms with Crippen molar-refractivity contribution < 1.29 is 14.3 Å². The minimum atomic E-state index is -0.633. The molecular weight excluding hydrogens is 378 g/mol. The van der Waals surface area contributed by atoms with E-state index in [2.05, 4.69) is 22.3 Å². The van der Waals surface area contributed by atoms with Crippen LogP contribution in [0.15, 0.2) is 48.5 Å². The molecule has 0 unspecified atom stereocenters. The first-order valence-electron chi connectivity index (χ1n) is 10.8. The molecule has 2 amide bonds. The van der Waals surface area contributed by atoms with Gasteiger partial charge in [0.2, 0.25) is 5.91 Å². The number of amides is 2. The number of hydrogen-bond donors (Lipinski definition) is 1. The molecule has 6 nitrogen and oxygen atoms in total. The Hall–Kier alpha value is -3.02. The molecule has 0 saturated carbocycles. The monoisotopic (exact) mass is 407 g/mol. The van der Waals surface area contributed by atoms with Crippen molar-refractivity contribution in [3.8, 4) is 5.75 Å². The highest BCUT2D eigenvalue weighted by atomic mass is 16.5. The summed E-state index contributed by atoms with van der Waals surface area (Å²) >= 11 is 0. The Morgan fingerprint density at radius 1 is 0.900 bits per heavy atom. The number of piperidine rings is 1. The van der Waals surface area contributed by atoms with Crippen molar-refractivity contribution in [1.82, 2.24) is 0 Å². The van der Waals surface area contributed by atoms with E-state index in [1.165, 1.54) is 24.9 Å². The Bertz CT molecular complexity index is 874. The summed E-state index contributed by atoms with van der Waals surface area (Å²) in [6.45, 7) is 4.69. The Balaban J connectivity index is 1.30. The van der Waals surface area contributed by atoms with Crippen LogP contribution >= 0.6 is 0 Å². The molecule has 0 spiro atoms. The number of hydrogen-bond acceptors (Lipinski definition) is 4. The molecule has 2 aliphatic heterocycles. The van der Waals surface area contributed by atoms with Crippen LogP contribution in [0.1, 0.15) is 39.0 Å². The summed E-state index contributed by atoms with van der Waals surface area (Å²) in [6.07, 6.45) is 4.65. The van der Waals surface area contributed by atoms with E-state index in [0.29, 0.717) is 12.2 Å². The van der Waals surface area contributed by atoms with Gasteiger partial charge in [-0.05, 0) is 81.1 Å². The summed E-state index contributed by atoms with van der Waals surface area (Å²) in [5.74, 6) is 0.565. The molecule has 2 aliphatic rings. The lowest BCUT2D eigenvalue weighted by molar-refractivity contribution is -0.122. The molecule has 0 aliphatic carbocycles. The smallest absolute Gasteiger partial charge is 0.265 e. The lowest BCUT2D eigenvalue weighted by Crippen LogP contribution is -2.30. The number of rotatable bonds is 6. The van der Waals surface area contributed by atoms with Gasteiger partial charge in [-0.3, -0.25) is 9.59 Å². The van der Waals surface area contributed by atoms with Gasteiger partial charge >= 0.3 is 0 Å². The molecule has 158 valence electrons. The summed E-state index contributed by atoms with van der Waals surface area (Å²) in [6, 6.07) is 15.3. The van der Waals surface area contributed by atoms with E-state index in [9.17, 15) is 9.59 Å². The van der Waals surface area contributed by atoms with Crippen molar-refractivity contribution in [2.45, 2.75) is 45.1 Å². The number of nitrogens with one attached hydrogen (secondary N) is 1. The van der Waals surface area contributed by atoms with Crippen molar-refractivity contribution in [3.63, 3.8) is 0 Å². The van der Waals surface area contributed by atoms with Crippen LogP contribution in [-0.4, -0.2) is 37.6 Å². The van der Waals surface area contributed by atoms with Gasteiger partial charge in [-0.15, -0.1) is 0 Å². The van der Waals surface area contributed by atoms with Gasteiger partial charge in [0.25, 0.3) is 5.91 Å². The van der Waals surface area contributed by atoms with Gasteiger partial charge in [0.05, 0.1) is 0 Å². The maximum atomic E-state index is 12.5. The number of carbonyl (C=O) groups is 2.